The number of ether oxygens (including phenoxy) is 1. The molecule has 0 aliphatic carbocycles. The van der Waals surface area contributed by atoms with Crippen LogP contribution in [0.3, 0.4) is 0 Å². The monoisotopic (exact) mass is 405 g/mol. The van der Waals surface area contributed by atoms with Crippen LogP contribution in [0.5, 0.6) is 5.75 Å². The van der Waals surface area contributed by atoms with Crippen molar-refractivity contribution in [3.8, 4) is 5.75 Å². The van der Waals surface area contributed by atoms with Gasteiger partial charge in [-0.15, -0.1) is 0 Å². The molecule has 1 N–H and O–H groups in total. The molecule has 0 saturated carbocycles. The fourth-order valence-electron chi connectivity index (χ4n) is 3.04. The van der Waals surface area contributed by atoms with E-state index in [9.17, 15) is 9.90 Å². The lowest BCUT2D eigenvalue weighted by atomic mass is 10.1. The lowest BCUT2D eigenvalue weighted by Gasteiger charge is -2.26. The fourth-order valence-corrected chi connectivity index (χ4v) is 3.04. The number of rotatable bonds is 10. The molecule has 30 heavy (non-hydrogen) atoms. The number of aliphatic hydroxyl groups is 1. The van der Waals surface area contributed by atoms with Crippen molar-refractivity contribution in [1.29, 1.82) is 0 Å². The Balaban J connectivity index is 1.65. The molecule has 6 nitrogen and oxygen atoms in total. The topological polar surface area (TPSA) is 65.9 Å². The van der Waals surface area contributed by atoms with Crippen LogP contribution in [0, 0.1) is 0 Å². The second-order valence-corrected chi connectivity index (χ2v) is 7.28. The Kier molecular flexibility index (Phi) is 7.40. The van der Waals surface area contributed by atoms with Gasteiger partial charge in [-0.25, -0.2) is 4.98 Å². The van der Waals surface area contributed by atoms with Crippen LogP contribution in [0.15, 0.2) is 72.9 Å². The maximum atomic E-state index is 10.7. The summed E-state index contributed by atoms with van der Waals surface area (Å²) in [6, 6.07) is 20.9. The zero-order chi connectivity index (χ0) is 21.3. The molecule has 3 aromatic rings. The number of aldehydes is 1. The van der Waals surface area contributed by atoms with E-state index in [0.717, 1.165) is 23.4 Å². The minimum absolute atomic E-state index is 0.142. The molecule has 0 bridgehead atoms. The van der Waals surface area contributed by atoms with Crippen molar-refractivity contribution >= 4 is 17.8 Å². The van der Waals surface area contributed by atoms with Crippen molar-refractivity contribution in [3.05, 3.63) is 84.1 Å². The summed E-state index contributed by atoms with van der Waals surface area (Å²) in [5.74, 6) is 1.41. The van der Waals surface area contributed by atoms with Gasteiger partial charge in [-0.05, 0) is 54.1 Å². The standard InChI is InChI=1S/C24H27N3O3/c1-26(2)21-10-6-19(7-11-21)15-27(24-5-3-4-14-25-24)16-22(29)18-30-23-12-8-20(17-28)9-13-23/h3-14,17,22,29H,15-16,18H2,1-2H3. The van der Waals surface area contributed by atoms with Crippen LogP contribution >= 0.6 is 0 Å². The third-order valence-electron chi connectivity index (χ3n) is 4.69. The molecule has 0 saturated heterocycles. The van der Waals surface area contributed by atoms with Crippen LogP contribution < -0.4 is 14.5 Å². The Morgan fingerprint density at radius 3 is 2.37 bits per heavy atom. The van der Waals surface area contributed by atoms with Crippen molar-refractivity contribution in [2.24, 2.45) is 0 Å². The molecule has 1 heterocycles. The number of aliphatic hydroxyl groups excluding tert-OH is 1. The van der Waals surface area contributed by atoms with Gasteiger partial charge in [-0.1, -0.05) is 18.2 Å². The quantitative estimate of drug-likeness (QED) is 0.522. The molecular weight excluding hydrogens is 378 g/mol. The van der Waals surface area contributed by atoms with Crippen LogP contribution in [0.4, 0.5) is 11.5 Å². The van der Waals surface area contributed by atoms with E-state index >= 15 is 0 Å². The molecule has 0 fully saturated rings. The van der Waals surface area contributed by atoms with Crippen molar-refractivity contribution in [2.45, 2.75) is 12.6 Å². The van der Waals surface area contributed by atoms with Gasteiger partial charge in [0.2, 0.25) is 0 Å². The number of hydrogen-bond donors (Lipinski definition) is 1. The lowest BCUT2D eigenvalue weighted by Crippen LogP contribution is -2.35. The smallest absolute Gasteiger partial charge is 0.150 e. The van der Waals surface area contributed by atoms with Crippen LogP contribution in [-0.2, 0) is 6.54 Å². The van der Waals surface area contributed by atoms with E-state index in [1.807, 2.05) is 37.2 Å². The minimum atomic E-state index is -0.709. The molecule has 1 aromatic heterocycles. The van der Waals surface area contributed by atoms with Gasteiger partial charge < -0.3 is 19.6 Å². The maximum Gasteiger partial charge on any atom is 0.150 e. The Labute approximate surface area is 177 Å². The summed E-state index contributed by atoms with van der Waals surface area (Å²) in [5.41, 5.74) is 2.85. The normalized spacial score (nSPS) is 11.6. The summed E-state index contributed by atoms with van der Waals surface area (Å²) in [5, 5.41) is 10.6. The molecule has 0 spiro atoms. The van der Waals surface area contributed by atoms with Gasteiger partial charge in [0.1, 0.15) is 30.6 Å². The van der Waals surface area contributed by atoms with E-state index in [1.165, 1.54) is 0 Å². The lowest BCUT2D eigenvalue weighted by molar-refractivity contribution is 0.111. The number of hydrogen-bond acceptors (Lipinski definition) is 6. The number of carbonyl (C=O) groups is 1. The molecule has 0 radical (unpaired) electrons. The Hall–Kier alpha value is -3.38. The van der Waals surface area contributed by atoms with E-state index in [2.05, 4.69) is 34.1 Å². The Morgan fingerprint density at radius 2 is 1.77 bits per heavy atom. The van der Waals surface area contributed by atoms with Gasteiger partial charge in [-0.3, -0.25) is 4.79 Å². The number of carbonyl (C=O) groups excluding carboxylic acids is 1. The summed E-state index contributed by atoms with van der Waals surface area (Å²) in [6.07, 6.45) is 1.82. The number of aromatic nitrogens is 1. The first-order valence-corrected chi connectivity index (χ1v) is 9.83. The van der Waals surface area contributed by atoms with Gasteiger partial charge in [0.25, 0.3) is 0 Å². The van der Waals surface area contributed by atoms with Crippen molar-refractivity contribution < 1.29 is 14.6 Å². The molecule has 2 aromatic carbocycles. The molecular formula is C24H27N3O3. The van der Waals surface area contributed by atoms with Crippen LogP contribution in [0.2, 0.25) is 0 Å². The third-order valence-corrected chi connectivity index (χ3v) is 4.69. The third kappa shape index (κ3) is 6.06. The zero-order valence-corrected chi connectivity index (χ0v) is 17.3. The molecule has 0 aliphatic rings. The van der Waals surface area contributed by atoms with Gasteiger partial charge in [0.15, 0.2) is 0 Å². The number of pyridine rings is 1. The van der Waals surface area contributed by atoms with E-state index in [0.29, 0.717) is 24.4 Å². The SMILES string of the molecule is CN(C)c1ccc(CN(CC(O)COc2ccc(C=O)cc2)c2ccccn2)cc1. The summed E-state index contributed by atoms with van der Waals surface area (Å²) >= 11 is 0. The average Bonchev–Trinajstić information content (AvgIpc) is 2.78. The molecule has 0 amide bonds. The second kappa shape index (κ2) is 10.4. The van der Waals surface area contributed by atoms with E-state index in [-0.39, 0.29) is 6.61 Å². The second-order valence-electron chi connectivity index (χ2n) is 7.28. The summed E-state index contributed by atoms with van der Waals surface area (Å²) < 4.78 is 5.68. The highest BCUT2D eigenvalue weighted by atomic mass is 16.5. The summed E-state index contributed by atoms with van der Waals surface area (Å²) in [7, 11) is 4.02. The van der Waals surface area contributed by atoms with Gasteiger partial charge >= 0.3 is 0 Å². The van der Waals surface area contributed by atoms with Gasteiger partial charge in [0.05, 0.1) is 0 Å². The predicted octanol–water partition coefficient (Wildman–Crippen LogP) is 3.41. The zero-order valence-electron chi connectivity index (χ0n) is 17.3. The highest BCUT2D eigenvalue weighted by Gasteiger charge is 2.15. The largest absolute Gasteiger partial charge is 0.491 e. The fraction of sp³-hybridized carbons (Fsp3) is 0.250. The Bertz CT molecular complexity index is 913. The van der Waals surface area contributed by atoms with E-state index < -0.39 is 6.10 Å². The van der Waals surface area contributed by atoms with Crippen molar-refractivity contribution in [2.75, 3.05) is 37.0 Å². The summed E-state index contributed by atoms with van der Waals surface area (Å²) in [4.78, 5) is 19.3. The molecule has 1 unspecified atom stereocenters. The van der Waals surface area contributed by atoms with Gasteiger partial charge in [-0.2, -0.15) is 0 Å². The summed E-state index contributed by atoms with van der Waals surface area (Å²) in [6.45, 7) is 1.14. The maximum absolute atomic E-state index is 10.7. The molecule has 6 heteroatoms. The molecule has 1 atom stereocenters. The first kappa shape index (κ1) is 21.3. The molecule has 0 aliphatic heterocycles. The van der Waals surface area contributed by atoms with E-state index in [1.54, 1.807) is 30.5 Å². The first-order valence-electron chi connectivity index (χ1n) is 9.83. The Morgan fingerprint density at radius 1 is 1.03 bits per heavy atom. The first-order chi connectivity index (χ1) is 14.5. The highest BCUT2D eigenvalue weighted by molar-refractivity contribution is 5.74. The van der Waals surface area contributed by atoms with E-state index in [4.69, 9.17) is 4.74 Å². The van der Waals surface area contributed by atoms with Crippen molar-refractivity contribution in [1.82, 2.24) is 4.98 Å². The number of nitrogens with zero attached hydrogens (tertiary/aromatic N) is 3. The van der Waals surface area contributed by atoms with Crippen molar-refractivity contribution in [3.63, 3.8) is 0 Å². The van der Waals surface area contributed by atoms with Crippen LogP contribution in [0.25, 0.3) is 0 Å². The molecule has 3 rings (SSSR count). The van der Waals surface area contributed by atoms with Crippen LogP contribution in [0.1, 0.15) is 15.9 Å². The number of benzene rings is 2. The minimum Gasteiger partial charge on any atom is -0.491 e. The van der Waals surface area contributed by atoms with Gasteiger partial charge in [0, 0.05) is 44.6 Å². The van der Waals surface area contributed by atoms with Crippen LogP contribution in [-0.4, -0.2) is 49.7 Å². The predicted molar refractivity (Wildman–Crippen MR) is 119 cm³/mol. The number of anilines is 2. The highest BCUT2D eigenvalue weighted by Crippen LogP contribution is 2.18. The average molecular weight is 405 g/mol. The molecule has 156 valence electrons.